The highest BCUT2D eigenvalue weighted by atomic mass is 35.5. The van der Waals surface area contributed by atoms with Gasteiger partial charge in [0.1, 0.15) is 5.75 Å². The first kappa shape index (κ1) is 19.4. The summed E-state index contributed by atoms with van der Waals surface area (Å²) < 4.78 is 28.8. The number of hydrogen-bond acceptors (Lipinski definition) is 4. The quantitative estimate of drug-likeness (QED) is 0.810. The molecule has 1 amide bonds. The van der Waals surface area contributed by atoms with Gasteiger partial charge in [-0.3, -0.25) is 9.69 Å². The number of piperazine rings is 1. The number of hydrogen-bond donors (Lipinski definition) is 1. The van der Waals surface area contributed by atoms with Crippen molar-refractivity contribution in [2.45, 2.75) is 6.61 Å². The van der Waals surface area contributed by atoms with Gasteiger partial charge in [0.2, 0.25) is 5.91 Å². The number of halogens is 3. The minimum absolute atomic E-state index is 0.0181. The third kappa shape index (κ3) is 5.55. The fraction of sp³-hybridized carbons (Fsp3) is 0.316. The van der Waals surface area contributed by atoms with Crippen LogP contribution in [0.1, 0.15) is 0 Å². The molecule has 0 aliphatic carbocycles. The molecular formula is C19H20ClF2N3O2. The van der Waals surface area contributed by atoms with E-state index in [2.05, 4.69) is 32.0 Å². The summed E-state index contributed by atoms with van der Waals surface area (Å²) in [6.07, 6.45) is 0. The zero-order valence-corrected chi connectivity index (χ0v) is 15.3. The van der Waals surface area contributed by atoms with Gasteiger partial charge in [0.15, 0.2) is 0 Å². The first-order chi connectivity index (χ1) is 13.0. The predicted molar refractivity (Wildman–Crippen MR) is 102 cm³/mol. The summed E-state index contributed by atoms with van der Waals surface area (Å²) in [7, 11) is 0. The maximum atomic E-state index is 12.2. The molecule has 1 aliphatic rings. The third-order valence-corrected chi connectivity index (χ3v) is 4.59. The minimum atomic E-state index is -2.95. The average Bonchev–Trinajstić information content (AvgIpc) is 2.65. The minimum Gasteiger partial charge on any atom is -0.433 e. The molecule has 1 N–H and O–H groups in total. The van der Waals surface area contributed by atoms with Crippen LogP contribution in [-0.4, -0.2) is 50.1 Å². The van der Waals surface area contributed by atoms with E-state index in [1.165, 1.54) is 23.9 Å². The first-order valence-electron chi connectivity index (χ1n) is 8.58. The molecule has 0 unspecified atom stereocenters. The number of carbonyl (C=O) groups excluding carboxylic acids is 1. The van der Waals surface area contributed by atoms with Crippen molar-refractivity contribution in [2.75, 3.05) is 42.9 Å². The average molecular weight is 396 g/mol. The molecule has 0 atom stereocenters. The Morgan fingerprint density at radius 2 is 1.81 bits per heavy atom. The van der Waals surface area contributed by atoms with E-state index < -0.39 is 6.61 Å². The van der Waals surface area contributed by atoms with Gasteiger partial charge in [-0.25, -0.2) is 0 Å². The highest BCUT2D eigenvalue weighted by Gasteiger charge is 2.19. The van der Waals surface area contributed by atoms with E-state index in [0.717, 1.165) is 26.2 Å². The van der Waals surface area contributed by atoms with Crippen LogP contribution in [0, 0.1) is 0 Å². The second-order valence-electron chi connectivity index (χ2n) is 6.17. The monoisotopic (exact) mass is 395 g/mol. The van der Waals surface area contributed by atoms with Gasteiger partial charge in [-0.2, -0.15) is 8.78 Å². The molecule has 27 heavy (non-hydrogen) atoms. The van der Waals surface area contributed by atoms with E-state index in [9.17, 15) is 13.6 Å². The molecule has 8 heteroatoms. The Morgan fingerprint density at radius 3 is 2.44 bits per heavy atom. The van der Waals surface area contributed by atoms with Crippen molar-refractivity contribution in [1.82, 2.24) is 4.90 Å². The molecule has 0 radical (unpaired) electrons. The summed E-state index contributed by atoms with van der Waals surface area (Å²) in [5.41, 5.74) is 1.62. The van der Waals surface area contributed by atoms with E-state index in [0.29, 0.717) is 5.69 Å². The van der Waals surface area contributed by atoms with Gasteiger partial charge in [0.25, 0.3) is 0 Å². The Bertz CT molecular complexity index is 769. The van der Waals surface area contributed by atoms with Crippen LogP contribution in [0.15, 0.2) is 48.5 Å². The molecule has 1 fully saturated rings. The third-order valence-electron chi connectivity index (χ3n) is 4.29. The summed E-state index contributed by atoms with van der Waals surface area (Å²) in [5.74, 6) is -0.302. The molecule has 3 rings (SSSR count). The van der Waals surface area contributed by atoms with Crippen LogP contribution in [0.5, 0.6) is 5.75 Å². The van der Waals surface area contributed by atoms with Crippen LogP contribution >= 0.6 is 11.6 Å². The van der Waals surface area contributed by atoms with Crippen molar-refractivity contribution in [1.29, 1.82) is 0 Å². The lowest BCUT2D eigenvalue weighted by atomic mass is 10.2. The molecule has 0 spiro atoms. The van der Waals surface area contributed by atoms with Gasteiger partial charge >= 0.3 is 6.61 Å². The lowest BCUT2D eigenvalue weighted by Gasteiger charge is -2.35. The molecule has 2 aromatic rings. The SMILES string of the molecule is O=C(CN1CCN(c2ccccc2)CC1)Nc1ccc(OC(F)F)c(Cl)c1. The topological polar surface area (TPSA) is 44.8 Å². The molecular weight excluding hydrogens is 376 g/mol. The number of amides is 1. The number of carbonyl (C=O) groups is 1. The van der Waals surface area contributed by atoms with Crippen molar-refractivity contribution in [2.24, 2.45) is 0 Å². The standard InChI is InChI=1S/C19H20ClF2N3O2/c20-16-12-14(6-7-17(16)27-19(21)22)23-18(26)13-24-8-10-25(11-9-24)15-4-2-1-3-5-15/h1-7,12,19H,8-11,13H2,(H,23,26). The molecule has 0 aromatic heterocycles. The molecule has 5 nitrogen and oxygen atoms in total. The zero-order valence-electron chi connectivity index (χ0n) is 14.6. The lowest BCUT2D eigenvalue weighted by Crippen LogP contribution is -2.48. The van der Waals surface area contributed by atoms with E-state index in [1.807, 2.05) is 18.2 Å². The Hall–Kier alpha value is -2.38. The maximum absolute atomic E-state index is 12.2. The number of rotatable bonds is 6. The summed E-state index contributed by atoms with van der Waals surface area (Å²) in [5, 5.41) is 2.75. The van der Waals surface area contributed by atoms with Crippen LogP contribution in [0.25, 0.3) is 0 Å². The Labute approximate surface area is 161 Å². The highest BCUT2D eigenvalue weighted by molar-refractivity contribution is 6.32. The number of nitrogens with one attached hydrogen (secondary N) is 1. The fourth-order valence-corrected chi connectivity index (χ4v) is 3.20. The molecule has 0 bridgehead atoms. The van der Waals surface area contributed by atoms with E-state index >= 15 is 0 Å². The molecule has 1 aliphatic heterocycles. The van der Waals surface area contributed by atoms with E-state index in [4.69, 9.17) is 11.6 Å². The fourth-order valence-electron chi connectivity index (χ4n) is 2.98. The molecule has 1 saturated heterocycles. The lowest BCUT2D eigenvalue weighted by molar-refractivity contribution is -0.117. The van der Waals surface area contributed by atoms with Crippen molar-refractivity contribution in [3.63, 3.8) is 0 Å². The summed E-state index contributed by atoms with van der Waals surface area (Å²) in [6.45, 7) is 0.577. The largest absolute Gasteiger partial charge is 0.433 e. The zero-order chi connectivity index (χ0) is 19.2. The second kappa shape index (κ2) is 9.01. The molecule has 1 heterocycles. The Kier molecular flexibility index (Phi) is 6.47. The smallest absolute Gasteiger partial charge is 0.387 e. The Balaban J connectivity index is 1.48. The number of benzene rings is 2. The summed E-state index contributed by atoms with van der Waals surface area (Å²) in [4.78, 5) is 16.6. The van der Waals surface area contributed by atoms with Crippen molar-refractivity contribution in [3.05, 3.63) is 53.6 Å². The van der Waals surface area contributed by atoms with Crippen molar-refractivity contribution < 1.29 is 18.3 Å². The van der Waals surface area contributed by atoms with Crippen molar-refractivity contribution in [3.8, 4) is 5.75 Å². The van der Waals surface area contributed by atoms with Crippen LogP contribution in [0.3, 0.4) is 0 Å². The summed E-state index contributed by atoms with van der Waals surface area (Å²) >= 11 is 5.90. The van der Waals surface area contributed by atoms with Gasteiger partial charge in [0.05, 0.1) is 11.6 Å². The van der Waals surface area contributed by atoms with Gasteiger partial charge in [-0.1, -0.05) is 29.8 Å². The number of nitrogens with zero attached hydrogens (tertiary/aromatic N) is 2. The normalized spacial score (nSPS) is 15.0. The van der Waals surface area contributed by atoms with Gasteiger partial charge in [0, 0.05) is 37.6 Å². The van der Waals surface area contributed by atoms with Gasteiger partial charge in [-0.05, 0) is 30.3 Å². The molecule has 0 saturated carbocycles. The van der Waals surface area contributed by atoms with Gasteiger partial charge in [-0.15, -0.1) is 0 Å². The van der Waals surface area contributed by atoms with Gasteiger partial charge < -0.3 is 15.0 Å². The molecule has 2 aromatic carbocycles. The van der Waals surface area contributed by atoms with E-state index in [-0.39, 0.29) is 23.2 Å². The van der Waals surface area contributed by atoms with E-state index in [1.54, 1.807) is 0 Å². The van der Waals surface area contributed by atoms with Crippen LogP contribution in [-0.2, 0) is 4.79 Å². The second-order valence-corrected chi connectivity index (χ2v) is 6.58. The Morgan fingerprint density at radius 1 is 1.11 bits per heavy atom. The highest BCUT2D eigenvalue weighted by Crippen LogP contribution is 2.29. The van der Waals surface area contributed by atoms with Crippen molar-refractivity contribution >= 4 is 28.9 Å². The summed E-state index contributed by atoms with van der Waals surface area (Å²) in [6, 6.07) is 14.3. The van der Waals surface area contributed by atoms with Crippen LogP contribution in [0.2, 0.25) is 5.02 Å². The first-order valence-corrected chi connectivity index (χ1v) is 8.95. The maximum Gasteiger partial charge on any atom is 0.387 e. The number of anilines is 2. The molecule has 144 valence electrons. The van der Waals surface area contributed by atoms with Crippen LogP contribution < -0.4 is 15.0 Å². The predicted octanol–water partition coefficient (Wildman–Crippen LogP) is 3.70. The van der Waals surface area contributed by atoms with Crippen LogP contribution in [0.4, 0.5) is 20.2 Å². The number of para-hydroxylation sites is 1. The number of alkyl halides is 2. The number of ether oxygens (including phenoxy) is 1.